The molecule has 0 aliphatic heterocycles. The first kappa shape index (κ1) is 16.4. The molecule has 5 heteroatoms. The molecule has 2 nitrogen and oxygen atoms in total. The molecule has 0 unspecified atom stereocenters. The Balaban J connectivity index is 1.84. The molecule has 0 saturated carbocycles. The van der Waals surface area contributed by atoms with Crippen LogP contribution in [0.4, 0.5) is 13.2 Å². The Morgan fingerprint density at radius 2 is 1.69 bits per heavy atom. The molecule has 0 aliphatic rings. The highest BCUT2D eigenvalue weighted by Gasteiger charge is 2.30. The number of benzene rings is 2. The average molecular weight is 352 g/mol. The zero-order chi connectivity index (χ0) is 18.3. The van der Waals surface area contributed by atoms with Crippen molar-refractivity contribution in [2.45, 2.75) is 13.1 Å². The molecule has 0 bridgehead atoms. The minimum absolute atomic E-state index is 0.642. The lowest BCUT2D eigenvalue weighted by molar-refractivity contribution is -0.137. The Morgan fingerprint density at radius 3 is 2.38 bits per heavy atom. The van der Waals surface area contributed by atoms with Crippen LogP contribution in [-0.2, 0) is 6.18 Å². The van der Waals surface area contributed by atoms with Crippen molar-refractivity contribution in [2.75, 3.05) is 0 Å². The zero-order valence-corrected chi connectivity index (χ0v) is 14.0. The molecule has 0 saturated heterocycles. The molecule has 0 spiro atoms. The van der Waals surface area contributed by atoms with Crippen molar-refractivity contribution in [1.29, 1.82) is 0 Å². The molecule has 0 N–H and O–H groups in total. The van der Waals surface area contributed by atoms with Gasteiger partial charge in [-0.25, -0.2) is 0 Å². The summed E-state index contributed by atoms with van der Waals surface area (Å²) < 4.78 is 40.4. The summed E-state index contributed by atoms with van der Waals surface area (Å²) >= 11 is 0. The van der Waals surface area contributed by atoms with E-state index in [0.717, 1.165) is 45.4 Å². The molecule has 2 heterocycles. The lowest BCUT2D eigenvalue weighted by Crippen LogP contribution is -2.04. The smallest absolute Gasteiger partial charge is 0.315 e. The number of hydrogen-bond donors (Lipinski definition) is 0. The van der Waals surface area contributed by atoms with Gasteiger partial charge in [0.25, 0.3) is 0 Å². The predicted molar refractivity (Wildman–Crippen MR) is 96.2 cm³/mol. The summed E-state index contributed by atoms with van der Waals surface area (Å²) in [5, 5.41) is 0.982. The summed E-state index contributed by atoms with van der Waals surface area (Å²) in [6.07, 6.45) is 1.19. The predicted octanol–water partition coefficient (Wildman–Crippen LogP) is 6.02. The highest BCUT2D eigenvalue weighted by molar-refractivity contribution is 5.96. The number of rotatable bonds is 2. The van der Waals surface area contributed by atoms with Gasteiger partial charge in [0.1, 0.15) is 0 Å². The molecular formula is C21H15F3N2. The maximum atomic E-state index is 12.8. The third kappa shape index (κ3) is 2.75. The fourth-order valence-corrected chi connectivity index (χ4v) is 3.18. The van der Waals surface area contributed by atoms with Crippen molar-refractivity contribution < 1.29 is 13.2 Å². The summed E-state index contributed by atoms with van der Waals surface area (Å²) in [4.78, 5) is 4.19. The fraction of sp³-hybridized carbons (Fsp3) is 0.0952. The van der Waals surface area contributed by atoms with Gasteiger partial charge in [-0.3, -0.25) is 4.98 Å². The van der Waals surface area contributed by atoms with E-state index in [1.165, 1.54) is 12.1 Å². The number of alkyl halides is 3. The van der Waals surface area contributed by atoms with Crippen LogP contribution in [0.3, 0.4) is 0 Å². The first-order valence-electron chi connectivity index (χ1n) is 8.14. The molecule has 130 valence electrons. The van der Waals surface area contributed by atoms with E-state index < -0.39 is 11.7 Å². The molecule has 2 aromatic heterocycles. The second-order valence-electron chi connectivity index (χ2n) is 6.16. The highest BCUT2D eigenvalue weighted by atomic mass is 19.4. The lowest BCUT2D eigenvalue weighted by Gasteiger charge is -2.10. The van der Waals surface area contributed by atoms with E-state index in [0.29, 0.717) is 0 Å². The Labute approximate surface area is 148 Å². The first-order chi connectivity index (χ1) is 12.4. The van der Waals surface area contributed by atoms with E-state index in [-0.39, 0.29) is 0 Å². The number of pyridine rings is 1. The van der Waals surface area contributed by atoms with Gasteiger partial charge in [0.2, 0.25) is 0 Å². The number of halogens is 3. The van der Waals surface area contributed by atoms with E-state index in [2.05, 4.69) is 4.98 Å². The van der Waals surface area contributed by atoms with Crippen LogP contribution in [0.1, 0.15) is 11.1 Å². The molecule has 0 atom stereocenters. The van der Waals surface area contributed by atoms with Crippen LogP contribution in [0.25, 0.3) is 27.7 Å². The maximum absolute atomic E-state index is 12.8. The Hall–Kier alpha value is -3.08. The number of fused-ring (bicyclic) bond motifs is 1. The van der Waals surface area contributed by atoms with Gasteiger partial charge in [0.15, 0.2) is 0 Å². The van der Waals surface area contributed by atoms with Crippen LogP contribution < -0.4 is 0 Å². The van der Waals surface area contributed by atoms with Gasteiger partial charge in [-0.05, 0) is 53.9 Å². The van der Waals surface area contributed by atoms with Crippen LogP contribution in [0.15, 0.2) is 73.2 Å². The molecular weight excluding hydrogens is 337 g/mol. The second kappa shape index (κ2) is 6.02. The summed E-state index contributed by atoms with van der Waals surface area (Å²) in [7, 11) is 0. The van der Waals surface area contributed by atoms with Gasteiger partial charge >= 0.3 is 6.18 Å². The molecule has 0 radical (unpaired) electrons. The quantitative estimate of drug-likeness (QED) is 0.431. The highest BCUT2D eigenvalue weighted by Crippen LogP contribution is 2.34. The number of hydrogen-bond acceptors (Lipinski definition) is 1. The van der Waals surface area contributed by atoms with Crippen LogP contribution in [0, 0.1) is 6.92 Å². The van der Waals surface area contributed by atoms with Crippen LogP contribution in [0.5, 0.6) is 0 Å². The largest absolute Gasteiger partial charge is 0.416 e. The van der Waals surface area contributed by atoms with Crippen LogP contribution in [0.2, 0.25) is 0 Å². The van der Waals surface area contributed by atoms with Gasteiger partial charge in [-0.2, -0.15) is 13.2 Å². The normalized spacial score (nSPS) is 11.8. The van der Waals surface area contributed by atoms with Gasteiger partial charge in [0.05, 0.1) is 23.0 Å². The summed E-state index contributed by atoms with van der Waals surface area (Å²) in [6, 6.07) is 15.0. The van der Waals surface area contributed by atoms with Crippen LogP contribution >= 0.6 is 0 Å². The zero-order valence-electron chi connectivity index (χ0n) is 14.0. The van der Waals surface area contributed by atoms with E-state index in [1.807, 2.05) is 48.0 Å². The van der Waals surface area contributed by atoms with Crippen molar-refractivity contribution >= 4 is 10.9 Å². The average Bonchev–Trinajstić information content (AvgIpc) is 3.05. The van der Waals surface area contributed by atoms with Gasteiger partial charge in [-0.15, -0.1) is 0 Å². The molecule has 0 amide bonds. The van der Waals surface area contributed by atoms with E-state index in [9.17, 15) is 13.2 Å². The Bertz CT molecular complexity index is 1080. The lowest BCUT2D eigenvalue weighted by atomic mass is 10.0. The SMILES string of the molecule is Cc1ccncc1-n1ccc2c(-c3ccc(C(F)(F)F)cc3)cccc21. The van der Waals surface area contributed by atoms with Gasteiger partial charge in [-0.1, -0.05) is 24.3 Å². The third-order valence-corrected chi connectivity index (χ3v) is 4.53. The van der Waals surface area contributed by atoms with E-state index in [1.54, 1.807) is 12.4 Å². The Kier molecular flexibility index (Phi) is 3.80. The monoisotopic (exact) mass is 352 g/mol. The van der Waals surface area contributed by atoms with Crippen LogP contribution in [-0.4, -0.2) is 9.55 Å². The molecule has 4 rings (SSSR count). The molecule has 4 aromatic rings. The van der Waals surface area contributed by atoms with Crippen molar-refractivity contribution in [3.8, 4) is 16.8 Å². The standard InChI is InChI=1S/C21H15F3N2/c1-14-9-11-25-13-20(14)26-12-10-18-17(3-2-4-19(18)26)15-5-7-16(8-6-15)21(22,23)24/h2-13H,1H3. The van der Waals surface area contributed by atoms with Crippen molar-refractivity contribution in [3.63, 3.8) is 0 Å². The molecule has 2 aromatic carbocycles. The molecule has 0 aliphatic carbocycles. The minimum atomic E-state index is -4.33. The third-order valence-electron chi connectivity index (χ3n) is 4.53. The number of aryl methyl sites for hydroxylation is 1. The second-order valence-corrected chi connectivity index (χ2v) is 6.16. The number of nitrogens with zero attached hydrogens (tertiary/aromatic N) is 2. The van der Waals surface area contributed by atoms with Crippen molar-refractivity contribution in [3.05, 3.63) is 84.3 Å². The fourth-order valence-electron chi connectivity index (χ4n) is 3.18. The number of aromatic nitrogens is 2. The molecule has 0 fully saturated rings. The van der Waals surface area contributed by atoms with E-state index in [4.69, 9.17) is 0 Å². The van der Waals surface area contributed by atoms with E-state index >= 15 is 0 Å². The first-order valence-corrected chi connectivity index (χ1v) is 8.14. The summed E-state index contributed by atoms with van der Waals surface area (Å²) in [5.41, 5.74) is 4.07. The minimum Gasteiger partial charge on any atom is -0.315 e. The molecule has 26 heavy (non-hydrogen) atoms. The van der Waals surface area contributed by atoms with Gasteiger partial charge in [0, 0.05) is 17.8 Å². The van der Waals surface area contributed by atoms with Gasteiger partial charge < -0.3 is 4.57 Å². The topological polar surface area (TPSA) is 17.8 Å². The maximum Gasteiger partial charge on any atom is 0.416 e. The summed E-state index contributed by atoms with van der Waals surface area (Å²) in [6.45, 7) is 2.02. The van der Waals surface area contributed by atoms with Crippen molar-refractivity contribution in [1.82, 2.24) is 9.55 Å². The Morgan fingerprint density at radius 1 is 0.923 bits per heavy atom. The van der Waals surface area contributed by atoms with Crippen molar-refractivity contribution in [2.24, 2.45) is 0 Å². The summed E-state index contributed by atoms with van der Waals surface area (Å²) in [5.74, 6) is 0.